The highest BCUT2D eigenvalue weighted by molar-refractivity contribution is 14.1. The molecule has 4 saturated carbocycles. The van der Waals surface area contributed by atoms with E-state index in [0.29, 0.717) is 5.69 Å². The van der Waals surface area contributed by atoms with Crippen LogP contribution in [0.1, 0.15) is 60.8 Å². The van der Waals surface area contributed by atoms with E-state index in [9.17, 15) is 0 Å². The molecule has 4 bridgehead atoms. The number of nitrogens with zero attached hydrogens (tertiary/aromatic N) is 3. The van der Waals surface area contributed by atoms with Crippen LogP contribution in [0.3, 0.4) is 0 Å². The molecule has 0 saturated heterocycles. The molecule has 0 unspecified atom stereocenters. The van der Waals surface area contributed by atoms with Crippen LogP contribution in [0.4, 0.5) is 5.69 Å². The fraction of sp³-hybridized carbons (Fsp3) is 0.294. The van der Waals surface area contributed by atoms with E-state index in [2.05, 4.69) is 163 Å². The lowest BCUT2D eigenvalue weighted by molar-refractivity contribution is -0.0691. The van der Waals surface area contributed by atoms with Crippen molar-refractivity contribution in [2.45, 2.75) is 60.2 Å². The van der Waals surface area contributed by atoms with Gasteiger partial charge in [0, 0.05) is 21.3 Å². The maximum absolute atomic E-state index is 9.01. The summed E-state index contributed by atoms with van der Waals surface area (Å²) in [6.45, 7) is 0. The van der Waals surface area contributed by atoms with Crippen molar-refractivity contribution in [3.63, 3.8) is 0 Å². The first-order valence-corrected chi connectivity index (χ1v) is 17.0. The van der Waals surface area contributed by atoms with Crippen LogP contribution < -0.4 is 0 Å². The van der Waals surface area contributed by atoms with Crippen molar-refractivity contribution in [2.75, 3.05) is 0 Å². The average molecular weight is 859 g/mol. The van der Waals surface area contributed by atoms with Gasteiger partial charge in [-0.15, -0.1) is 0 Å². The molecule has 0 amide bonds. The Morgan fingerprint density at radius 2 is 0.700 bits per heavy atom. The Kier molecular flexibility index (Phi) is 6.80. The first-order chi connectivity index (χ1) is 19.3. The van der Waals surface area contributed by atoms with Gasteiger partial charge < -0.3 is 0 Å². The number of benzene rings is 4. The average Bonchev–Trinajstić information content (AvgIpc) is 2.94. The molecule has 0 spiro atoms. The summed E-state index contributed by atoms with van der Waals surface area (Å²) in [4.78, 5) is 3.02. The Morgan fingerprint density at radius 1 is 0.450 bits per heavy atom. The molecule has 4 aromatic rings. The van der Waals surface area contributed by atoms with E-state index in [1.54, 1.807) is 0 Å². The predicted octanol–water partition coefficient (Wildman–Crippen LogP) is 10.9. The van der Waals surface area contributed by atoms with Crippen molar-refractivity contribution < 1.29 is 0 Å². The Hall–Kier alpha value is -1.62. The van der Waals surface area contributed by atoms with Crippen molar-refractivity contribution >= 4 is 73.5 Å². The van der Waals surface area contributed by atoms with Crippen LogP contribution in [0.2, 0.25) is 0 Å². The molecule has 0 radical (unpaired) electrons. The highest BCUT2D eigenvalue weighted by Crippen LogP contribution is 2.74. The zero-order chi connectivity index (χ0) is 27.6. The van der Waals surface area contributed by atoms with Crippen molar-refractivity contribution in [3.05, 3.63) is 140 Å². The lowest BCUT2D eigenvalue weighted by Gasteiger charge is -2.71. The van der Waals surface area contributed by atoms with Crippen LogP contribution in [0, 0.1) is 10.7 Å². The largest absolute Gasteiger partial charge is 0.0608 e. The Balaban J connectivity index is 1.49. The molecule has 3 nitrogen and oxygen atoms in total. The Morgan fingerprint density at radius 3 is 0.950 bits per heavy atom. The summed E-state index contributed by atoms with van der Waals surface area (Å²) in [5.41, 5.74) is 15.8. The zero-order valence-corrected chi connectivity index (χ0v) is 28.4. The van der Waals surface area contributed by atoms with Crippen LogP contribution in [-0.2, 0) is 21.7 Å². The van der Waals surface area contributed by atoms with Gasteiger partial charge in [-0.3, -0.25) is 0 Å². The molecule has 0 aliphatic heterocycles. The monoisotopic (exact) mass is 859 g/mol. The minimum atomic E-state index is 0.0264. The van der Waals surface area contributed by atoms with Gasteiger partial charge >= 0.3 is 0 Å². The lowest BCUT2D eigenvalue weighted by atomic mass is 9.32. The smallest absolute Gasteiger partial charge is 0.0375 e. The third kappa shape index (κ3) is 4.43. The molecule has 0 aromatic heterocycles. The van der Waals surface area contributed by atoms with Crippen LogP contribution in [-0.4, -0.2) is 0 Å². The van der Waals surface area contributed by atoms with E-state index in [1.165, 1.54) is 52.2 Å². The van der Waals surface area contributed by atoms with Gasteiger partial charge in [0.25, 0.3) is 0 Å². The Bertz CT molecular complexity index is 1470. The van der Waals surface area contributed by atoms with E-state index in [0.717, 1.165) is 19.3 Å². The SMILES string of the molecule is [N-]=[N+]=Nc1ccc(C23CC4(c5ccc(I)cc5)CC(c5ccc(I)cc5)(CC(c5ccc(I)cc5)(C4)C2)C3)cc1. The van der Waals surface area contributed by atoms with Gasteiger partial charge in [0.1, 0.15) is 0 Å². The summed E-state index contributed by atoms with van der Waals surface area (Å²) < 4.78 is 3.86. The molecular formula is C34H28I3N3. The van der Waals surface area contributed by atoms with Crippen LogP contribution in [0.25, 0.3) is 10.4 Å². The van der Waals surface area contributed by atoms with Crippen molar-refractivity contribution in [1.82, 2.24) is 0 Å². The summed E-state index contributed by atoms with van der Waals surface area (Å²) >= 11 is 7.29. The molecular weight excluding hydrogens is 831 g/mol. The molecule has 4 fully saturated rings. The van der Waals surface area contributed by atoms with E-state index in [1.807, 2.05) is 12.1 Å². The van der Waals surface area contributed by atoms with E-state index in [4.69, 9.17) is 5.53 Å². The summed E-state index contributed by atoms with van der Waals surface area (Å²) in [7, 11) is 0. The molecule has 0 N–H and O–H groups in total. The summed E-state index contributed by atoms with van der Waals surface area (Å²) in [6, 6.07) is 36.8. The highest BCUT2D eigenvalue weighted by Gasteiger charge is 2.69. The topological polar surface area (TPSA) is 48.8 Å². The second kappa shape index (κ2) is 9.99. The van der Waals surface area contributed by atoms with Gasteiger partial charge in [-0.25, -0.2) is 0 Å². The second-order valence-electron chi connectivity index (χ2n) is 12.4. The van der Waals surface area contributed by atoms with Gasteiger partial charge in [0.15, 0.2) is 0 Å². The van der Waals surface area contributed by atoms with Crippen molar-refractivity contribution in [2.24, 2.45) is 5.11 Å². The molecule has 4 aliphatic rings. The van der Waals surface area contributed by atoms with E-state index >= 15 is 0 Å². The third-order valence-electron chi connectivity index (χ3n) is 10.1. The van der Waals surface area contributed by atoms with Crippen molar-refractivity contribution in [3.8, 4) is 0 Å². The van der Waals surface area contributed by atoms with Gasteiger partial charge in [-0.05, 0) is 192 Å². The van der Waals surface area contributed by atoms with Crippen molar-refractivity contribution in [1.29, 1.82) is 0 Å². The second-order valence-corrected chi connectivity index (χ2v) is 16.2. The highest BCUT2D eigenvalue weighted by atomic mass is 127. The minimum absolute atomic E-state index is 0.0264. The lowest BCUT2D eigenvalue weighted by Crippen LogP contribution is -2.67. The van der Waals surface area contributed by atoms with Gasteiger partial charge in [-0.2, -0.15) is 0 Å². The van der Waals surface area contributed by atoms with Crippen LogP contribution in [0.15, 0.2) is 102 Å². The molecule has 8 rings (SSSR count). The standard InChI is InChI=1S/C34H28I3N3/c35-27-9-1-23(2-10-27)31-17-32(24-3-11-28(36)12-4-24)19-33(18-31,25-5-13-29(37)14-6-25)22-34(20-31,21-32)26-7-15-30(16-8-26)39-40-38/h1-16H,17-22H2. The fourth-order valence-electron chi connectivity index (χ4n) is 9.20. The molecule has 6 heteroatoms. The molecule has 4 aromatic carbocycles. The van der Waals surface area contributed by atoms with Gasteiger partial charge in [0.05, 0.1) is 0 Å². The summed E-state index contributed by atoms with van der Waals surface area (Å²) in [5, 5.41) is 3.88. The maximum Gasteiger partial charge on any atom is 0.0375 e. The zero-order valence-electron chi connectivity index (χ0n) is 22.0. The minimum Gasteiger partial charge on any atom is -0.0608 e. The summed E-state index contributed by atoms with van der Waals surface area (Å²) in [6.07, 6.45) is 7.02. The van der Waals surface area contributed by atoms with Crippen LogP contribution in [0.5, 0.6) is 0 Å². The van der Waals surface area contributed by atoms with E-state index in [-0.39, 0.29) is 21.7 Å². The predicted molar refractivity (Wildman–Crippen MR) is 187 cm³/mol. The maximum atomic E-state index is 9.01. The number of hydrogen-bond donors (Lipinski definition) is 0. The number of azide groups is 1. The first-order valence-electron chi connectivity index (χ1n) is 13.7. The molecule has 200 valence electrons. The molecule has 4 aliphatic carbocycles. The molecule has 0 heterocycles. The molecule has 40 heavy (non-hydrogen) atoms. The van der Waals surface area contributed by atoms with Crippen LogP contribution >= 0.6 is 67.8 Å². The fourth-order valence-corrected chi connectivity index (χ4v) is 10.3. The summed E-state index contributed by atoms with van der Waals surface area (Å²) in [5.74, 6) is 0. The molecule has 0 atom stereocenters. The number of halogens is 3. The van der Waals surface area contributed by atoms with E-state index < -0.39 is 0 Å². The normalized spacial score (nSPS) is 30.2. The van der Waals surface area contributed by atoms with Gasteiger partial charge in [0.2, 0.25) is 0 Å². The van der Waals surface area contributed by atoms with Gasteiger partial charge in [-0.1, -0.05) is 65.8 Å². The quantitative estimate of drug-likeness (QED) is 0.0831. The number of rotatable bonds is 5. The third-order valence-corrected chi connectivity index (χ3v) is 12.2. The Labute approximate surface area is 276 Å². The first kappa shape index (κ1) is 27.2. The number of hydrogen-bond acceptors (Lipinski definition) is 1.